The number of ketones is 1. The molecule has 2 aromatic carbocycles. The van der Waals surface area contributed by atoms with Crippen LogP contribution in [-0.2, 0) is 4.79 Å². The molecule has 1 N–H and O–H groups in total. The van der Waals surface area contributed by atoms with Crippen LogP contribution in [0.4, 0.5) is 5.69 Å². The lowest BCUT2D eigenvalue weighted by molar-refractivity contribution is -0.123. The maximum Gasteiger partial charge on any atom is 0.294 e. The van der Waals surface area contributed by atoms with Crippen LogP contribution in [0.2, 0.25) is 0 Å². The fourth-order valence-electron chi connectivity index (χ4n) is 4.66. The summed E-state index contributed by atoms with van der Waals surface area (Å²) in [6.07, 6.45) is 5.22. The molecule has 0 bridgehead atoms. The van der Waals surface area contributed by atoms with E-state index < -0.39 is 11.9 Å². The molecule has 0 saturated heterocycles. The first kappa shape index (κ1) is 25.0. The van der Waals surface area contributed by atoms with E-state index in [1.807, 2.05) is 0 Å². The number of amides is 2. The van der Waals surface area contributed by atoms with Crippen molar-refractivity contribution < 1.29 is 28.3 Å². The Bertz CT molecular complexity index is 1230. The predicted molar refractivity (Wildman–Crippen MR) is 135 cm³/mol. The SMILES string of the molecule is COc1ccc([C@H](C(=O)NC2CCCC2)N(C(=O)c2ccco2)c2ccccc2C(C)=O)cc1OC. The fraction of sp³-hybridized carbons (Fsp3) is 0.321. The summed E-state index contributed by atoms with van der Waals surface area (Å²) in [7, 11) is 3.03. The average molecular weight is 491 g/mol. The number of carbonyl (C=O) groups is 3. The molecule has 1 atom stereocenters. The van der Waals surface area contributed by atoms with Crippen LogP contribution in [0, 0.1) is 0 Å². The molecule has 188 valence electrons. The van der Waals surface area contributed by atoms with E-state index in [0.717, 1.165) is 25.7 Å². The standard InChI is InChI=1S/C28H30N2O6/c1-18(31)21-11-6-7-12-22(21)30(28(33)24-13-8-16-36-24)26(27(32)29-20-9-4-5-10-20)19-14-15-23(34-2)25(17-19)35-3/h6-8,11-17,20,26H,4-5,9-10H2,1-3H3,(H,29,32)/t26-/m1/s1. The second-order valence-corrected chi connectivity index (χ2v) is 8.73. The number of nitrogens with zero attached hydrogens (tertiary/aromatic N) is 1. The van der Waals surface area contributed by atoms with Gasteiger partial charge in [-0.15, -0.1) is 0 Å². The van der Waals surface area contributed by atoms with Gasteiger partial charge in [-0.2, -0.15) is 0 Å². The largest absolute Gasteiger partial charge is 0.493 e. The number of benzene rings is 2. The average Bonchev–Trinajstić information content (AvgIpc) is 3.61. The monoisotopic (exact) mass is 490 g/mol. The molecule has 0 spiro atoms. The maximum absolute atomic E-state index is 13.9. The van der Waals surface area contributed by atoms with Crippen molar-refractivity contribution in [2.75, 3.05) is 19.1 Å². The first-order chi connectivity index (χ1) is 17.4. The number of ether oxygens (including phenoxy) is 2. The molecule has 0 radical (unpaired) electrons. The van der Waals surface area contributed by atoms with Crippen molar-refractivity contribution in [2.24, 2.45) is 0 Å². The summed E-state index contributed by atoms with van der Waals surface area (Å²) in [5.74, 6) is -0.178. The summed E-state index contributed by atoms with van der Waals surface area (Å²) < 4.78 is 16.3. The summed E-state index contributed by atoms with van der Waals surface area (Å²) in [5.41, 5.74) is 1.13. The highest BCUT2D eigenvalue weighted by molar-refractivity contribution is 6.12. The van der Waals surface area contributed by atoms with Crippen molar-refractivity contribution in [2.45, 2.75) is 44.7 Å². The molecule has 4 rings (SSSR count). The quantitative estimate of drug-likeness (QED) is 0.427. The van der Waals surface area contributed by atoms with Crippen molar-refractivity contribution in [3.05, 3.63) is 77.7 Å². The zero-order valence-corrected chi connectivity index (χ0v) is 20.7. The van der Waals surface area contributed by atoms with Crippen LogP contribution in [-0.4, -0.2) is 37.9 Å². The summed E-state index contributed by atoms with van der Waals surface area (Å²) in [5, 5.41) is 3.12. The van der Waals surface area contributed by atoms with Gasteiger partial charge in [0.25, 0.3) is 5.91 Å². The minimum absolute atomic E-state index is 0.0174. The van der Waals surface area contributed by atoms with Gasteiger partial charge in [-0.1, -0.05) is 31.0 Å². The Hall–Kier alpha value is -4.07. The summed E-state index contributed by atoms with van der Waals surface area (Å²) in [6.45, 7) is 1.43. The van der Waals surface area contributed by atoms with Crippen molar-refractivity contribution in [3.8, 4) is 11.5 Å². The number of anilines is 1. The van der Waals surface area contributed by atoms with E-state index in [9.17, 15) is 14.4 Å². The smallest absolute Gasteiger partial charge is 0.294 e. The third-order valence-corrected chi connectivity index (χ3v) is 6.43. The lowest BCUT2D eigenvalue weighted by Gasteiger charge is -2.33. The summed E-state index contributed by atoms with van der Waals surface area (Å²) >= 11 is 0. The summed E-state index contributed by atoms with van der Waals surface area (Å²) in [6, 6.07) is 13.9. The Morgan fingerprint density at radius 3 is 2.33 bits per heavy atom. The number of methoxy groups -OCH3 is 2. The predicted octanol–water partition coefficient (Wildman–Crippen LogP) is 4.95. The lowest BCUT2D eigenvalue weighted by atomic mass is 9.99. The molecule has 36 heavy (non-hydrogen) atoms. The van der Waals surface area contributed by atoms with Crippen molar-refractivity contribution in [1.29, 1.82) is 0 Å². The first-order valence-electron chi connectivity index (χ1n) is 11.9. The van der Waals surface area contributed by atoms with Crippen molar-refractivity contribution >= 4 is 23.3 Å². The van der Waals surface area contributed by atoms with Gasteiger partial charge in [-0.25, -0.2) is 0 Å². The molecular weight excluding hydrogens is 460 g/mol. The highest BCUT2D eigenvalue weighted by Gasteiger charge is 2.37. The molecule has 3 aromatic rings. The first-order valence-corrected chi connectivity index (χ1v) is 11.9. The van der Waals surface area contributed by atoms with E-state index in [1.54, 1.807) is 48.5 Å². The zero-order chi connectivity index (χ0) is 25.7. The molecule has 1 heterocycles. The third kappa shape index (κ3) is 5.12. The Morgan fingerprint density at radius 1 is 0.972 bits per heavy atom. The van der Waals surface area contributed by atoms with Crippen LogP contribution in [0.15, 0.2) is 65.3 Å². The minimum atomic E-state index is -1.11. The number of rotatable bonds is 9. The van der Waals surface area contributed by atoms with E-state index in [1.165, 1.54) is 38.4 Å². The number of carbonyl (C=O) groups excluding carboxylic acids is 3. The molecule has 8 nitrogen and oxygen atoms in total. The van der Waals surface area contributed by atoms with Crippen LogP contribution in [0.3, 0.4) is 0 Å². The second kappa shape index (κ2) is 11.1. The Kier molecular flexibility index (Phi) is 7.73. The van der Waals surface area contributed by atoms with Gasteiger partial charge < -0.3 is 19.2 Å². The van der Waals surface area contributed by atoms with Crippen LogP contribution in [0.1, 0.15) is 65.1 Å². The van der Waals surface area contributed by atoms with Gasteiger partial charge in [-0.3, -0.25) is 19.3 Å². The maximum atomic E-state index is 13.9. The van der Waals surface area contributed by atoms with Crippen molar-refractivity contribution in [1.82, 2.24) is 5.32 Å². The second-order valence-electron chi connectivity index (χ2n) is 8.73. The molecule has 2 amide bonds. The number of hydrogen-bond acceptors (Lipinski definition) is 6. The van der Waals surface area contributed by atoms with E-state index in [2.05, 4.69) is 5.32 Å². The molecule has 1 aliphatic rings. The van der Waals surface area contributed by atoms with Gasteiger partial charge >= 0.3 is 0 Å². The van der Waals surface area contributed by atoms with E-state index in [-0.39, 0.29) is 23.5 Å². The number of nitrogens with one attached hydrogen (secondary N) is 1. The minimum Gasteiger partial charge on any atom is -0.493 e. The van der Waals surface area contributed by atoms with Gasteiger partial charge in [0, 0.05) is 11.6 Å². The van der Waals surface area contributed by atoms with Gasteiger partial charge in [-0.05, 0) is 61.7 Å². The van der Waals surface area contributed by atoms with E-state index in [0.29, 0.717) is 28.3 Å². The molecular formula is C28H30N2O6. The van der Waals surface area contributed by atoms with Gasteiger partial charge in [0.1, 0.15) is 6.04 Å². The Balaban J connectivity index is 1.91. The highest BCUT2D eigenvalue weighted by atomic mass is 16.5. The number of furan rings is 1. The van der Waals surface area contributed by atoms with Gasteiger partial charge in [0.15, 0.2) is 23.0 Å². The molecule has 0 aliphatic heterocycles. The zero-order valence-electron chi connectivity index (χ0n) is 20.7. The Morgan fingerprint density at radius 2 is 1.69 bits per heavy atom. The van der Waals surface area contributed by atoms with Crippen LogP contribution in [0.25, 0.3) is 0 Å². The molecule has 1 fully saturated rings. The molecule has 1 saturated carbocycles. The molecule has 0 unspecified atom stereocenters. The number of hydrogen-bond donors (Lipinski definition) is 1. The lowest BCUT2D eigenvalue weighted by Crippen LogP contribution is -2.46. The topological polar surface area (TPSA) is 98.1 Å². The van der Waals surface area contributed by atoms with Crippen molar-refractivity contribution in [3.63, 3.8) is 0 Å². The molecule has 1 aromatic heterocycles. The molecule has 8 heteroatoms. The van der Waals surface area contributed by atoms with Crippen LogP contribution < -0.4 is 19.7 Å². The van der Waals surface area contributed by atoms with Crippen LogP contribution >= 0.6 is 0 Å². The molecule has 1 aliphatic carbocycles. The summed E-state index contributed by atoms with van der Waals surface area (Å²) in [4.78, 5) is 41.7. The van der Waals surface area contributed by atoms with Crippen LogP contribution in [0.5, 0.6) is 11.5 Å². The normalized spacial score (nSPS) is 14.2. The fourth-order valence-corrected chi connectivity index (χ4v) is 4.66. The number of Topliss-reactive ketones (excluding diaryl/α,β-unsaturated/α-hetero) is 1. The highest BCUT2D eigenvalue weighted by Crippen LogP contribution is 2.37. The van der Waals surface area contributed by atoms with Gasteiger partial charge in [0.05, 0.1) is 26.2 Å². The third-order valence-electron chi connectivity index (χ3n) is 6.43. The van der Waals surface area contributed by atoms with E-state index >= 15 is 0 Å². The number of para-hydroxylation sites is 1. The van der Waals surface area contributed by atoms with E-state index in [4.69, 9.17) is 13.9 Å². The van der Waals surface area contributed by atoms with Gasteiger partial charge in [0.2, 0.25) is 5.91 Å². The Labute approximate surface area is 210 Å².